The number of aliphatic hydroxyl groups is 1. The van der Waals surface area contributed by atoms with Crippen molar-refractivity contribution in [1.82, 2.24) is 29.0 Å². The lowest BCUT2D eigenvalue weighted by atomic mass is 9.85. The van der Waals surface area contributed by atoms with Crippen LogP contribution in [0.25, 0.3) is 27.7 Å². The Bertz CT molecular complexity index is 2210. The van der Waals surface area contributed by atoms with Crippen LogP contribution in [-0.4, -0.2) is 59.9 Å². The molecule has 1 saturated heterocycles. The minimum atomic E-state index is -0.942. The van der Waals surface area contributed by atoms with Crippen LogP contribution in [0.2, 0.25) is 0 Å². The first kappa shape index (κ1) is 30.5. The predicted molar refractivity (Wildman–Crippen MR) is 173 cm³/mol. The molecule has 0 spiro atoms. The third-order valence-corrected chi connectivity index (χ3v) is 9.09. The maximum Gasteiger partial charge on any atom is 0.290 e. The molecule has 5 aromatic rings. The molecule has 47 heavy (non-hydrogen) atoms. The van der Waals surface area contributed by atoms with Crippen LogP contribution in [0.3, 0.4) is 0 Å². The van der Waals surface area contributed by atoms with E-state index >= 15 is 4.39 Å². The number of hydrogen-bond donors (Lipinski definition) is 2. The van der Waals surface area contributed by atoms with Crippen molar-refractivity contribution in [1.29, 1.82) is 5.26 Å². The number of aryl methyl sites for hydroxylation is 1. The molecule has 0 unspecified atom stereocenters. The van der Waals surface area contributed by atoms with Gasteiger partial charge in [0.2, 0.25) is 0 Å². The Morgan fingerprint density at radius 2 is 1.91 bits per heavy atom. The average Bonchev–Trinajstić information content (AvgIpc) is 3.43. The summed E-state index contributed by atoms with van der Waals surface area (Å²) in [7, 11) is 1.54. The number of nitrogens with zero attached hydrogens (tertiary/aromatic N) is 7. The summed E-state index contributed by atoms with van der Waals surface area (Å²) in [5, 5.41) is 32.6. The minimum absolute atomic E-state index is 0.127. The standard InChI is InChI=1S/C34H33FN8O4/c1-34(2,19-36)21-11-20-7-8-42(33(46)31(20)26(35)12-21)29-6-4-5-24(25(29)16-44)27-14-28(32(45)40(3)38-27)37-30-13-22-15-41(23-17-47-18-23)9-10-43(22)39-30/h4-8,11-14,23,44H,9-10,15-18H2,1-3H3,(H,37,39). The zero-order valence-electron chi connectivity index (χ0n) is 26.2. The lowest BCUT2D eigenvalue weighted by Crippen LogP contribution is -2.51. The number of rotatable bonds is 7. The number of pyridine rings is 1. The first-order valence-electron chi connectivity index (χ1n) is 15.3. The highest BCUT2D eigenvalue weighted by atomic mass is 19.1. The lowest BCUT2D eigenvalue weighted by molar-refractivity contribution is -0.0735. The van der Waals surface area contributed by atoms with Crippen LogP contribution in [0.1, 0.15) is 30.7 Å². The van der Waals surface area contributed by atoms with Crippen molar-refractivity contribution in [3.63, 3.8) is 0 Å². The molecule has 0 bridgehead atoms. The molecule has 2 aromatic carbocycles. The van der Waals surface area contributed by atoms with E-state index in [4.69, 9.17) is 4.74 Å². The van der Waals surface area contributed by atoms with E-state index in [9.17, 15) is 20.0 Å². The SMILES string of the molecule is Cn1nc(-c2cccc(-n3ccc4cc(C(C)(C)C#N)cc(F)c4c3=O)c2CO)cc(Nc2cc3n(n2)CCN(C2COC2)C3)c1=O. The number of ether oxygens (including phenoxy) is 1. The van der Waals surface area contributed by atoms with Crippen molar-refractivity contribution in [2.24, 2.45) is 7.05 Å². The van der Waals surface area contributed by atoms with Crippen LogP contribution in [0.5, 0.6) is 0 Å². The van der Waals surface area contributed by atoms with Crippen LogP contribution < -0.4 is 16.4 Å². The van der Waals surface area contributed by atoms with Gasteiger partial charge in [0.1, 0.15) is 11.5 Å². The maximum absolute atomic E-state index is 15.4. The van der Waals surface area contributed by atoms with Gasteiger partial charge in [-0.05, 0) is 55.1 Å². The Kier molecular flexibility index (Phi) is 7.51. The average molecular weight is 637 g/mol. The molecule has 0 saturated carbocycles. The molecule has 240 valence electrons. The van der Waals surface area contributed by atoms with Gasteiger partial charge in [-0.25, -0.2) is 9.07 Å². The van der Waals surface area contributed by atoms with Crippen molar-refractivity contribution < 1.29 is 14.2 Å². The summed E-state index contributed by atoms with van der Waals surface area (Å²) >= 11 is 0. The Labute approximate surface area is 268 Å². The predicted octanol–water partition coefficient (Wildman–Crippen LogP) is 3.34. The van der Waals surface area contributed by atoms with Crippen LogP contribution >= 0.6 is 0 Å². The number of aliphatic hydroxyl groups excluding tert-OH is 1. The highest BCUT2D eigenvalue weighted by molar-refractivity contribution is 5.84. The molecule has 2 aliphatic heterocycles. The second-order valence-corrected chi connectivity index (χ2v) is 12.5. The van der Waals surface area contributed by atoms with Crippen LogP contribution in [0.4, 0.5) is 15.9 Å². The first-order valence-corrected chi connectivity index (χ1v) is 15.3. The molecule has 1 fully saturated rings. The highest BCUT2D eigenvalue weighted by Gasteiger charge is 2.30. The van der Waals surface area contributed by atoms with Gasteiger partial charge in [0.05, 0.1) is 66.4 Å². The number of aromatic nitrogens is 5. The quantitative estimate of drug-likeness (QED) is 0.275. The number of anilines is 2. The summed E-state index contributed by atoms with van der Waals surface area (Å²) in [6.45, 7) is 6.73. The fraction of sp³-hybridized carbons (Fsp3) is 0.324. The van der Waals surface area contributed by atoms with Crippen LogP contribution in [0, 0.1) is 17.1 Å². The Balaban J connectivity index is 1.25. The number of fused-ring (bicyclic) bond motifs is 2. The van der Waals surface area contributed by atoms with Crippen LogP contribution in [-0.2, 0) is 36.9 Å². The van der Waals surface area contributed by atoms with E-state index in [-0.39, 0.29) is 16.6 Å². The zero-order chi connectivity index (χ0) is 33.0. The van der Waals surface area contributed by atoms with Gasteiger partial charge in [-0.15, -0.1) is 0 Å². The molecule has 5 heterocycles. The summed E-state index contributed by atoms with van der Waals surface area (Å²) in [6, 6.07) is 15.7. The molecule has 3 aromatic heterocycles. The molecule has 7 rings (SSSR count). The summed E-state index contributed by atoms with van der Waals surface area (Å²) in [6.07, 6.45) is 1.52. The Hall–Kier alpha value is -5.16. The third kappa shape index (κ3) is 5.30. The maximum atomic E-state index is 15.4. The molecular weight excluding hydrogens is 603 g/mol. The van der Waals surface area contributed by atoms with Crippen molar-refractivity contribution in [3.05, 3.63) is 98.1 Å². The van der Waals surface area contributed by atoms with Crippen molar-refractivity contribution in [2.45, 2.75) is 45.0 Å². The van der Waals surface area contributed by atoms with E-state index < -0.39 is 23.4 Å². The number of halogens is 1. The monoisotopic (exact) mass is 636 g/mol. The molecular formula is C34H33FN8O4. The van der Waals surface area contributed by atoms with Crippen molar-refractivity contribution >= 4 is 22.3 Å². The van der Waals surface area contributed by atoms with Gasteiger partial charge in [0.25, 0.3) is 11.1 Å². The second kappa shape index (κ2) is 11.6. The summed E-state index contributed by atoms with van der Waals surface area (Å²) < 4.78 is 25.2. The number of nitriles is 1. The molecule has 0 radical (unpaired) electrons. The van der Waals surface area contributed by atoms with Gasteiger partial charge < -0.3 is 15.2 Å². The van der Waals surface area contributed by atoms with Crippen LogP contribution in [0.15, 0.2) is 64.3 Å². The molecule has 0 amide bonds. The Morgan fingerprint density at radius 3 is 2.64 bits per heavy atom. The van der Waals surface area contributed by atoms with Gasteiger partial charge in [0, 0.05) is 43.5 Å². The van der Waals surface area contributed by atoms with Gasteiger partial charge in [-0.3, -0.25) is 23.7 Å². The fourth-order valence-corrected chi connectivity index (χ4v) is 6.21. The van der Waals surface area contributed by atoms with E-state index in [1.54, 1.807) is 50.2 Å². The van der Waals surface area contributed by atoms with E-state index in [0.29, 0.717) is 45.3 Å². The second-order valence-electron chi connectivity index (χ2n) is 12.5. The fourth-order valence-electron chi connectivity index (χ4n) is 6.21. The Morgan fingerprint density at radius 1 is 1.11 bits per heavy atom. The largest absolute Gasteiger partial charge is 0.392 e. The van der Waals surface area contributed by atoms with E-state index in [1.807, 2.05) is 10.7 Å². The molecule has 2 N–H and O–H groups in total. The molecule has 2 aliphatic rings. The highest BCUT2D eigenvalue weighted by Crippen LogP contribution is 2.31. The number of nitrogens with one attached hydrogen (secondary N) is 1. The number of benzene rings is 2. The van der Waals surface area contributed by atoms with Gasteiger partial charge in [-0.1, -0.05) is 12.1 Å². The van der Waals surface area contributed by atoms with Gasteiger partial charge in [0.15, 0.2) is 5.82 Å². The zero-order valence-corrected chi connectivity index (χ0v) is 26.2. The first-order chi connectivity index (χ1) is 22.6. The third-order valence-electron chi connectivity index (χ3n) is 9.09. The molecule has 12 nitrogen and oxygen atoms in total. The molecule has 0 atom stereocenters. The molecule has 0 aliphatic carbocycles. The lowest BCUT2D eigenvalue weighted by Gasteiger charge is -2.39. The van der Waals surface area contributed by atoms with E-state index in [0.717, 1.165) is 38.5 Å². The normalized spacial score (nSPS) is 15.3. The van der Waals surface area contributed by atoms with Gasteiger partial charge >= 0.3 is 0 Å². The summed E-state index contributed by atoms with van der Waals surface area (Å²) in [5.74, 6) is -0.203. The topological polar surface area (TPSA) is 143 Å². The smallest absolute Gasteiger partial charge is 0.290 e. The number of hydrogen-bond acceptors (Lipinski definition) is 9. The van der Waals surface area contributed by atoms with E-state index in [1.165, 1.54) is 28.6 Å². The summed E-state index contributed by atoms with van der Waals surface area (Å²) in [5.41, 5.74) is 1.40. The van der Waals surface area contributed by atoms with Crippen molar-refractivity contribution in [3.8, 4) is 23.0 Å². The summed E-state index contributed by atoms with van der Waals surface area (Å²) in [4.78, 5) is 29.2. The molecule has 13 heteroatoms. The van der Waals surface area contributed by atoms with Gasteiger partial charge in [-0.2, -0.15) is 15.5 Å². The van der Waals surface area contributed by atoms with E-state index in [2.05, 4.69) is 26.5 Å². The minimum Gasteiger partial charge on any atom is -0.392 e. The van der Waals surface area contributed by atoms with Crippen molar-refractivity contribution in [2.75, 3.05) is 25.1 Å².